The molecule has 0 amide bonds. The molecule has 0 saturated heterocycles. The average Bonchev–Trinajstić information content (AvgIpc) is 2.84. The second-order valence-corrected chi connectivity index (χ2v) is 5.69. The van der Waals surface area contributed by atoms with E-state index >= 15 is 0 Å². The maximum Gasteiger partial charge on any atom is 0.126 e. The largest absolute Gasteiger partial charge is 0.309 e. The van der Waals surface area contributed by atoms with Crippen LogP contribution in [0.4, 0.5) is 4.39 Å². The van der Waals surface area contributed by atoms with Gasteiger partial charge in [0.2, 0.25) is 0 Å². The van der Waals surface area contributed by atoms with Gasteiger partial charge in [-0.1, -0.05) is 30.5 Å². The number of benzene rings is 1. The van der Waals surface area contributed by atoms with Gasteiger partial charge < -0.3 is 5.32 Å². The van der Waals surface area contributed by atoms with Crippen LogP contribution < -0.4 is 5.32 Å². The van der Waals surface area contributed by atoms with Crippen molar-refractivity contribution in [2.75, 3.05) is 7.05 Å². The molecule has 19 heavy (non-hydrogen) atoms. The zero-order chi connectivity index (χ0) is 14.0. The van der Waals surface area contributed by atoms with E-state index in [1.54, 1.807) is 6.92 Å². The fourth-order valence-corrected chi connectivity index (χ4v) is 3.05. The van der Waals surface area contributed by atoms with Crippen LogP contribution in [0, 0.1) is 12.7 Å². The Labute approximate surface area is 117 Å². The molecule has 1 heterocycles. The number of aromatic nitrogens is 2. The number of hydrogen-bond acceptors (Lipinski definition) is 4. The van der Waals surface area contributed by atoms with E-state index in [2.05, 4.69) is 28.8 Å². The first-order valence-corrected chi connectivity index (χ1v) is 7.07. The van der Waals surface area contributed by atoms with Crippen molar-refractivity contribution in [1.29, 1.82) is 0 Å². The Balaban J connectivity index is 2.44. The fourth-order valence-electron chi connectivity index (χ4n) is 2.10. The maximum absolute atomic E-state index is 13.4. The number of rotatable bonds is 4. The quantitative estimate of drug-likeness (QED) is 0.932. The predicted octanol–water partition coefficient (Wildman–Crippen LogP) is 3.42. The third-order valence-electron chi connectivity index (χ3n) is 3.15. The van der Waals surface area contributed by atoms with Crippen LogP contribution in [0.2, 0.25) is 0 Å². The van der Waals surface area contributed by atoms with Gasteiger partial charge in [0.1, 0.15) is 5.82 Å². The van der Waals surface area contributed by atoms with E-state index in [-0.39, 0.29) is 11.9 Å². The van der Waals surface area contributed by atoms with Gasteiger partial charge in [-0.25, -0.2) is 4.39 Å². The van der Waals surface area contributed by atoms with Gasteiger partial charge in [0.05, 0.1) is 16.6 Å². The number of nitrogens with one attached hydrogen (secondary N) is 1. The first kappa shape index (κ1) is 14.1. The van der Waals surface area contributed by atoms with Gasteiger partial charge in [0, 0.05) is 0 Å². The molecule has 102 valence electrons. The molecule has 0 aliphatic heterocycles. The van der Waals surface area contributed by atoms with Gasteiger partial charge in [0.15, 0.2) is 0 Å². The minimum Gasteiger partial charge on any atom is -0.309 e. The Kier molecular flexibility index (Phi) is 4.27. The topological polar surface area (TPSA) is 37.8 Å². The Morgan fingerprint density at radius 3 is 2.63 bits per heavy atom. The smallest absolute Gasteiger partial charge is 0.126 e. The number of hydrogen-bond donors (Lipinski definition) is 1. The van der Waals surface area contributed by atoms with E-state index in [1.165, 1.54) is 17.6 Å². The van der Waals surface area contributed by atoms with Crippen molar-refractivity contribution in [3.05, 3.63) is 45.7 Å². The Hall–Kier alpha value is -1.33. The zero-order valence-corrected chi connectivity index (χ0v) is 12.4. The van der Waals surface area contributed by atoms with Crippen molar-refractivity contribution >= 4 is 11.5 Å². The van der Waals surface area contributed by atoms with E-state index in [0.717, 1.165) is 16.1 Å². The van der Waals surface area contributed by atoms with Crippen LogP contribution >= 0.6 is 11.5 Å². The molecule has 0 aliphatic carbocycles. The molecule has 0 aliphatic rings. The normalized spacial score (nSPS) is 12.9. The summed E-state index contributed by atoms with van der Waals surface area (Å²) in [4.78, 5) is 1.10. The Morgan fingerprint density at radius 1 is 1.32 bits per heavy atom. The van der Waals surface area contributed by atoms with E-state index in [1.807, 2.05) is 19.2 Å². The second-order valence-electron chi connectivity index (χ2n) is 4.91. The molecule has 1 N–H and O–H groups in total. The molecule has 2 aromatic rings. The lowest BCUT2D eigenvalue weighted by Gasteiger charge is -2.17. The first-order chi connectivity index (χ1) is 9.04. The van der Waals surface area contributed by atoms with E-state index in [9.17, 15) is 4.39 Å². The highest BCUT2D eigenvalue weighted by atomic mass is 32.1. The van der Waals surface area contributed by atoms with Crippen molar-refractivity contribution in [3.8, 4) is 0 Å². The Bertz CT molecular complexity index is 566. The molecule has 1 aromatic carbocycles. The number of aryl methyl sites for hydroxylation is 1. The fraction of sp³-hybridized carbons (Fsp3) is 0.429. The van der Waals surface area contributed by atoms with Gasteiger partial charge in [-0.05, 0) is 48.6 Å². The van der Waals surface area contributed by atoms with Crippen LogP contribution in [0.5, 0.6) is 0 Å². The Morgan fingerprint density at radius 2 is 2.05 bits per heavy atom. The molecule has 1 aromatic heterocycles. The highest BCUT2D eigenvalue weighted by Gasteiger charge is 2.21. The summed E-state index contributed by atoms with van der Waals surface area (Å²) in [5, 5.41) is 7.48. The summed E-state index contributed by atoms with van der Waals surface area (Å²) < 4.78 is 17.4. The maximum atomic E-state index is 13.4. The van der Waals surface area contributed by atoms with Crippen LogP contribution in [0.1, 0.15) is 47.5 Å². The lowest BCUT2D eigenvalue weighted by atomic mass is 9.99. The van der Waals surface area contributed by atoms with Crippen LogP contribution in [0.15, 0.2) is 18.2 Å². The molecule has 0 bridgehead atoms. The third kappa shape index (κ3) is 2.82. The second kappa shape index (κ2) is 5.75. The first-order valence-electron chi connectivity index (χ1n) is 6.30. The molecule has 0 radical (unpaired) electrons. The van der Waals surface area contributed by atoms with Crippen molar-refractivity contribution in [1.82, 2.24) is 14.9 Å². The van der Waals surface area contributed by atoms with Gasteiger partial charge >= 0.3 is 0 Å². The van der Waals surface area contributed by atoms with Crippen LogP contribution in [0.25, 0.3) is 0 Å². The van der Waals surface area contributed by atoms with Crippen LogP contribution in [0.3, 0.4) is 0 Å². The summed E-state index contributed by atoms with van der Waals surface area (Å²) >= 11 is 1.40. The molecule has 5 heteroatoms. The van der Waals surface area contributed by atoms with Crippen molar-refractivity contribution in [2.24, 2.45) is 0 Å². The molecule has 1 atom stereocenters. The summed E-state index contributed by atoms with van der Waals surface area (Å²) in [7, 11) is 1.90. The molecule has 0 fully saturated rings. The van der Waals surface area contributed by atoms with Crippen LogP contribution in [-0.2, 0) is 0 Å². The summed E-state index contributed by atoms with van der Waals surface area (Å²) in [5.41, 5.74) is 2.70. The van der Waals surface area contributed by atoms with Crippen molar-refractivity contribution in [2.45, 2.75) is 32.7 Å². The minimum absolute atomic E-state index is 0.0108. The number of halogens is 1. The highest BCUT2D eigenvalue weighted by Crippen LogP contribution is 2.31. The monoisotopic (exact) mass is 279 g/mol. The standard InChI is InChI=1S/C14H18FN3S/c1-8(2)12-14(19-18-17-12)13(16-4)10-5-6-11(15)9(3)7-10/h5-8,13,16H,1-4H3. The van der Waals surface area contributed by atoms with Gasteiger partial charge in [-0.15, -0.1) is 5.10 Å². The molecular weight excluding hydrogens is 261 g/mol. The molecule has 0 saturated carbocycles. The molecule has 0 spiro atoms. The van der Waals surface area contributed by atoms with Gasteiger partial charge in [-0.2, -0.15) is 0 Å². The number of nitrogens with zero attached hydrogens (tertiary/aromatic N) is 2. The van der Waals surface area contributed by atoms with E-state index in [4.69, 9.17) is 0 Å². The lowest BCUT2D eigenvalue weighted by molar-refractivity contribution is 0.613. The highest BCUT2D eigenvalue weighted by molar-refractivity contribution is 7.05. The average molecular weight is 279 g/mol. The van der Waals surface area contributed by atoms with Crippen molar-refractivity contribution < 1.29 is 4.39 Å². The van der Waals surface area contributed by atoms with Crippen LogP contribution in [-0.4, -0.2) is 16.6 Å². The van der Waals surface area contributed by atoms with Gasteiger partial charge in [0.25, 0.3) is 0 Å². The summed E-state index contributed by atoms with van der Waals surface area (Å²) in [6.07, 6.45) is 0. The molecular formula is C14H18FN3S. The zero-order valence-electron chi connectivity index (χ0n) is 11.6. The summed E-state index contributed by atoms with van der Waals surface area (Å²) in [5.74, 6) is 0.149. The van der Waals surface area contributed by atoms with Crippen molar-refractivity contribution in [3.63, 3.8) is 0 Å². The van der Waals surface area contributed by atoms with Gasteiger partial charge in [-0.3, -0.25) is 0 Å². The summed E-state index contributed by atoms with van der Waals surface area (Å²) in [6, 6.07) is 5.21. The molecule has 1 unspecified atom stereocenters. The molecule has 3 nitrogen and oxygen atoms in total. The predicted molar refractivity (Wildman–Crippen MR) is 76.0 cm³/mol. The van der Waals surface area contributed by atoms with E-state index < -0.39 is 0 Å². The molecule has 2 rings (SSSR count). The minimum atomic E-state index is -0.176. The lowest BCUT2D eigenvalue weighted by Crippen LogP contribution is -2.18. The summed E-state index contributed by atoms with van der Waals surface area (Å²) in [6.45, 7) is 5.98. The SMILES string of the molecule is CNC(c1ccc(F)c(C)c1)c1snnc1C(C)C. The third-order valence-corrected chi connectivity index (χ3v) is 3.96. The van der Waals surface area contributed by atoms with E-state index in [0.29, 0.717) is 11.5 Å².